The van der Waals surface area contributed by atoms with Gasteiger partial charge in [0, 0.05) is 10.0 Å². The summed E-state index contributed by atoms with van der Waals surface area (Å²) < 4.78 is 5.88. The van der Waals surface area contributed by atoms with E-state index in [2.05, 4.69) is 21.4 Å². The van der Waals surface area contributed by atoms with E-state index in [9.17, 15) is 0 Å². The molecule has 1 aromatic carbocycles. The predicted octanol–water partition coefficient (Wildman–Crippen LogP) is 3.25. The molecule has 0 fully saturated rings. The van der Waals surface area contributed by atoms with E-state index in [1.165, 1.54) is 0 Å². The van der Waals surface area contributed by atoms with Gasteiger partial charge in [-0.3, -0.25) is 5.84 Å². The van der Waals surface area contributed by atoms with Crippen LogP contribution < -0.4 is 11.3 Å². The van der Waals surface area contributed by atoms with Crippen molar-refractivity contribution < 1.29 is 4.42 Å². The number of hydrazine groups is 1. The first-order valence-corrected chi connectivity index (χ1v) is 5.82. The molecule has 84 valence electrons. The third-order valence-corrected chi connectivity index (χ3v) is 3.53. The minimum atomic E-state index is -0.104. The Morgan fingerprint density at radius 3 is 2.69 bits per heavy atom. The van der Waals surface area contributed by atoms with Gasteiger partial charge in [-0.15, -0.1) is 0 Å². The van der Waals surface area contributed by atoms with Crippen molar-refractivity contribution in [2.24, 2.45) is 5.84 Å². The number of hydrogen-bond donors (Lipinski definition) is 2. The lowest BCUT2D eigenvalue weighted by atomic mass is 10.0. The average Bonchev–Trinajstić information content (AvgIpc) is 2.78. The lowest BCUT2D eigenvalue weighted by Crippen LogP contribution is -2.28. The first kappa shape index (κ1) is 11.7. The van der Waals surface area contributed by atoms with Crippen LogP contribution in [-0.2, 0) is 0 Å². The molecule has 1 atom stereocenters. The van der Waals surface area contributed by atoms with Crippen LogP contribution in [0.15, 0.2) is 45.7 Å². The van der Waals surface area contributed by atoms with E-state index in [0.717, 1.165) is 15.6 Å². The average molecular weight is 302 g/mol. The SMILES string of the molecule is NNC(c1ccoc1)c1ccc(Cl)c(Br)c1. The topological polar surface area (TPSA) is 51.2 Å². The Bertz CT molecular complexity index is 473. The third kappa shape index (κ3) is 2.30. The first-order valence-electron chi connectivity index (χ1n) is 4.65. The summed E-state index contributed by atoms with van der Waals surface area (Å²) in [5.74, 6) is 5.54. The highest BCUT2D eigenvalue weighted by molar-refractivity contribution is 9.10. The third-order valence-electron chi connectivity index (χ3n) is 2.32. The molecule has 3 nitrogen and oxygen atoms in total. The van der Waals surface area contributed by atoms with E-state index >= 15 is 0 Å². The van der Waals surface area contributed by atoms with Gasteiger partial charge in [0.15, 0.2) is 0 Å². The van der Waals surface area contributed by atoms with E-state index in [-0.39, 0.29) is 6.04 Å². The molecule has 5 heteroatoms. The lowest BCUT2D eigenvalue weighted by Gasteiger charge is -2.15. The molecule has 1 aromatic heterocycles. The van der Waals surface area contributed by atoms with Crippen LogP contribution in [0.3, 0.4) is 0 Å². The van der Waals surface area contributed by atoms with E-state index in [4.69, 9.17) is 21.9 Å². The molecule has 0 aliphatic carbocycles. The van der Waals surface area contributed by atoms with Crippen LogP contribution in [0.5, 0.6) is 0 Å². The quantitative estimate of drug-likeness (QED) is 0.676. The zero-order chi connectivity index (χ0) is 11.5. The maximum atomic E-state index is 5.94. The molecule has 2 aromatic rings. The molecule has 1 unspecified atom stereocenters. The van der Waals surface area contributed by atoms with Crippen LogP contribution in [-0.4, -0.2) is 0 Å². The second-order valence-electron chi connectivity index (χ2n) is 3.33. The number of halogens is 2. The van der Waals surface area contributed by atoms with Gasteiger partial charge in [0.1, 0.15) is 0 Å². The molecule has 0 aliphatic rings. The van der Waals surface area contributed by atoms with Crippen LogP contribution in [0.4, 0.5) is 0 Å². The van der Waals surface area contributed by atoms with Crippen molar-refractivity contribution in [3.8, 4) is 0 Å². The second kappa shape index (κ2) is 5.01. The van der Waals surface area contributed by atoms with Crippen LogP contribution in [0.25, 0.3) is 0 Å². The fourth-order valence-corrected chi connectivity index (χ4v) is 2.03. The zero-order valence-corrected chi connectivity index (χ0v) is 10.6. The highest BCUT2D eigenvalue weighted by Gasteiger charge is 2.14. The molecule has 0 saturated carbocycles. The Hall–Kier alpha value is -0.810. The van der Waals surface area contributed by atoms with E-state index in [0.29, 0.717) is 5.02 Å². The number of hydrogen-bond acceptors (Lipinski definition) is 3. The van der Waals surface area contributed by atoms with Gasteiger partial charge in [-0.1, -0.05) is 17.7 Å². The van der Waals surface area contributed by atoms with Crippen LogP contribution in [0, 0.1) is 0 Å². The van der Waals surface area contributed by atoms with Crippen molar-refractivity contribution in [2.45, 2.75) is 6.04 Å². The van der Waals surface area contributed by atoms with Gasteiger partial charge in [-0.25, -0.2) is 5.43 Å². The number of rotatable bonds is 3. The summed E-state index contributed by atoms with van der Waals surface area (Å²) in [6.07, 6.45) is 3.28. The van der Waals surface area contributed by atoms with Gasteiger partial charge in [-0.05, 0) is 39.7 Å². The van der Waals surface area contributed by atoms with Gasteiger partial charge in [0.25, 0.3) is 0 Å². The van der Waals surface area contributed by atoms with Gasteiger partial charge >= 0.3 is 0 Å². The Labute approximate surface area is 107 Å². The maximum Gasteiger partial charge on any atom is 0.0954 e. The largest absolute Gasteiger partial charge is 0.472 e. The van der Waals surface area contributed by atoms with Crippen LogP contribution >= 0.6 is 27.5 Å². The maximum absolute atomic E-state index is 5.94. The van der Waals surface area contributed by atoms with Gasteiger partial charge < -0.3 is 4.42 Å². The van der Waals surface area contributed by atoms with Gasteiger partial charge in [-0.2, -0.15) is 0 Å². The summed E-state index contributed by atoms with van der Waals surface area (Å²) >= 11 is 9.32. The van der Waals surface area contributed by atoms with Crippen molar-refractivity contribution in [2.75, 3.05) is 0 Å². The minimum Gasteiger partial charge on any atom is -0.472 e. The lowest BCUT2D eigenvalue weighted by molar-refractivity contribution is 0.553. The van der Waals surface area contributed by atoms with Crippen molar-refractivity contribution in [1.29, 1.82) is 0 Å². The number of nitrogens with one attached hydrogen (secondary N) is 1. The number of furan rings is 1. The monoisotopic (exact) mass is 300 g/mol. The molecule has 3 N–H and O–H groups in total. The Morgan fingerprint density at radius 2 is 2.12 bits per heavy atom. The molecule has 2 rings (SSSR count). The molecule has 16 heavy (non-hydrogen) atoms. The summed E-state index contributed by atoms with van der Waals surface area (Å²) in [6, 6.07) is 7.44. The minimum absolute atomic E-state index is 0.104. The highest BCUT2D eigenvalue weighted by atomic mass is 79.9. The van der Waals surface area contributed by atoms with E-state index < -0.39 is 0 Å². The summed E-state index contributed by atoms with van der Waals surface area (Å²) in [6.45, 7) is 0. The summed E-state index contributed by atoms with van der Waals surface area (Å²) in [7, 11) is 0. The normalized spacial score (nSPS) is 12.7. The predicted molar refractivity (Wildman–Crippen MR) is 67.0 cm³/mol. The van der Waals surface area contributed by atoms with Crippen LogP contribution in [0.1, 0.15) is 17.2 Å². The van der Waals surface area contributed by atoms with Crippen molar-refractivity contribution >= 4 is 27.5 Å². The molecular formula is C11H10BrClN2O. The fourth-order valence-electron chi connectivity index (χ4n) is 1.52. The molecule has 0 spiro atoms. The Morgan fingerprint density at radius 1 is 1.31 bits per heavy atom. The van der Waals surface area contributed by atoms with Gasteiger partial charge in [0.2, 0.25) is 0 Å². The standard InChI is InChI=1S/C11H10BrClN2O/c12-9-5-7(1-2-10(9)13)11(15-14)8-3-4-16-6-8/h1-6,11,15H,14H2. The van der Waals surface area contributed by atoms with Crippen LogP contribution in [0.2, 0.25) is 5.02 Å². The zero-order valence-electron chi connectivity index (χ0n) is 8.28. The Balaban J connectivity index is 2.37. The van der Waals surface area contributed by atoms with Crippen molar-refractivity contribution in [3.63, 3.8) is 0 Å². The first-order chi connectivity index (χ1) is 7.72. The molecule has 1 heterocycles. The molecule has 0 saturated heterocycles. The van der Waals surface area contributed by atoms with E-state index in [1.807, 2.05) is 24.3 Å². The van der Waals surface area contributed by atoms with Crippen molar-refractivity contribution in [1.82, 2.24) is 5.43 Å². The highest BCUT2D eigenvalue weighted by Crippen LogP contribution is 2.28. The smallest absolute Gasteiger partial charge is 0.0954 e. The molecule has 0 radical (unpaired) electrons. The van der Waals surface area contributed by atoms with Gasteiger partial charge in [0.05, 0.1) is 23.6 Å². The van der Waals surface area contributed by atoms with E-state index in [1.54, 1.807) is 12.5 Å². The number of nitrogens with two attached hydrogens (primary N) is 1. The number of benzene rings is 1. The fraction of sp³-hybridized carbons (Fsp3) is 0.0909. The molecule has 0 amide bonds. The Kier molecular flexibility index (Phi) is 3.66. The second-order valence-corrected chi connectivity index (χ2v) is 4.59. The summed E-state index contributed by atoms with van der Waals surface area (Å²) in [4.78, 5) is 0. The summed E-state index contributed by atoms with van der Waals surface area (Å²) in [5.41, 5.74) is 4.73. The summed E-state index contributed by atoms with van der Waals surface area (Å²) in [5, 5.41) is 0.673. The molecule has 0 bridgehead atoms. The van der Waals surface area contributed by atoms with Crippen molar-refractivity contribution in [3.05, 3.63) is 57.4 Å². The molecular weight excluding hydrogens is 291 g/mol. The molecule has 0 aliphatic heterocycles.